The van der Waals surface area contributed by atoms with Crippen LogP contribution in [0.25, 0.3) is 10.8 Å². The van der Waals surface area contributed by atoms with Gasteiger partial charge in [-0.1, -0.05) is 59.5 Å². The molecular formula is C33H25N3O6S3. The molecule has 4 heterocycles. The van der Waals surface area contributed by atoms with Crippen molar-refractivity contribution in [2.45, 2.75) is 29.7 Å². The van der Waals surface area contributed by atoms with E-state index in [2.05, 4.69) is 5.32 Å². The molecule has 0 saturated carbocycles. The maximum Gasteiger partial charge on any atom is 0.338 e. The number of amides is 3. The number of carbonyl (C=O) groups excluding carboxylic acids is 4. The number of benzene rings is 3. The van der Waals surface area contributed by atoms with E-state index in [0.29, 0.717) is 26.8 Å². The van der Waals surface area contributed by atoms with Crippen molar-refractivity contribution < 1.29 is 23.9 Å². The van der Waals surface area contributed by atoms with Gasteiger partial charge in [0.05, 0.1) is 28.8 Å². The van der Waals surface area contributed by atoms with Gasteiger partial charge >= 0.3 is 10.8 Å². The number of rotatable bonds is 7. The Hall–Kier alpha value is -4.52. The van der Waals surface area contributed by atoms with E-state index in [9.17, 15) is 24.0 Å². The lowest BCUT2D eigenvalue weighted by atomic mass is 9.87. The van der Waals surface area contributed by atoms with Gasteiger partial charge in [0.1, 0.15) is 11.8 Å². The summed E-state index contributed by atoms with van der Waals surface area (Å²) in [4.78, 5) is 69.0. The molecule has 3 amide bonds. The summed E-state index contributed by atoms with van der Waals surface area (Å²) in [7, 11) is 0. The third kappa shape index (κ3) is 5.18. The number of nitrogens with one attached hydrogen (secondary N) is 1. The highest BCUT2D eigenvalue weighted by molar-refractivity contribution is 8.00. The van der Waals surface area contributed by atoms with E-state index in [0.717, 1.165) is 38.7 Å². The molecule has 0 spiro atoms. The summed E-state index contributed by atoms with van der Waals surface area (Å²) in [5.74, 6) is -2.90. The Kier molecular flexibility index (Phi) is 7.64. The van der Waals surface area contributed by atoms with Crippen LogP contribution in [0.15, 0.2) is 94.1 Å². The predicted molar refractivity (Wildman–Crippen MR) is 175 cm³/mol. The average Bonchev–Trinajstić information content (AvgIpc) is 3.74. The molecule has 9 nitrogen and oxygen atoms in total. The Morgan fingerprint density at radius 3 is 2.42 bits per heavy atom. The van der Waals surface area contributed by atoms with Crippen molar-refractivity contribution in [3.8, 4) is 0 Å². The van der Waals surface area contributed by atoms with Crippen LogP contribution in [0.2, 0.25) is 0 Å². The molecule has 3 atom stereocenters. The molecule has 1 saturated heterocycles. The molecule has 226 valence electrons. The lowest BCUT2D eigenvalue weighted by molar-refractivity contribution is -0.122. The van der Waals surface area contributed by atoms with Gasteiger partial charge in [0.15, 0.2) is 0 Å². The van der Waals surface area contributed by atoms with E-state index >= 15 is 0 Å². The Morgan fingerprint density at radius 1 is 0.911 bits per heavy atom. The number of esters is 1. The van der Waals surface area contributed by atoms with Gasteiger partial charge in [0, 0.05) is 21.4 Å². The molecule has 0 aliphatic carbocycles. The van der Waals surface area contributed by atoms with Gasteiger partial charge in [-0.05, 0) is 65.5 Å². The van der Waals surface area contributed by atoms with Crippen LogP contribution < -0.4 is 15.1 Å². The van der Waals surface area contributed by atoms with Gasteiger partial charge in [-0.25, -0.2) is 9.69 Å². The second-order valence-electron chi connectivity index (χ2n) is 10.6. The first kappa shape index (κ1) is 29.2. The number of ether oxygens (including phenoxy) is 1. The van der Waals surface area contributed by atoms with E-state index in [1.165, 1.54) is 32.9 Å². The van der Waals surface area contributed by atoms with Crippen LogP contribution in [0.5, 0.6) is 0 Å². The number of hydrogen-bond acceptors (Lipinski definition) is 9. The zero-order valence-electron chi connectivity index (χ0n) is 23.8. The third-order valence-corrected chi connectivity index (χ3v) is 11.4. The zero-order valence-corrected chi connectivity index (χ0v) is 26.2. The number of anilines is 2. The summed E-state index contributed by atoms with van der Waals surface area (Å²) < 4.78 is 6.46. The number of carbonyl (C=O) groups is 4. The number of hydrogen-bond donors (Lipinski definition) is 1. The second-order valence-corrected chi connectivity index (χ2v) is 13.7. The van der Waals surface area contributed by atoms with Crippen molar-refractivity contribution in [1.82, 2.24) is 4.57 Å². The number of thioether (sulfide) groups is 1. The minimum absolute atomic E-state index is 0.231. The van der Waals surface area contributed by atoms with Crippen LogP contribution in [0.4, 0.5) is 11.4 Å². The highest BCUT2D eigenvalue weighted by atomic mass is 32.2. The molecule has 2 aliphatic heterocycles. The highest BCUT2D eigenvalue weighted by Crippen LogP contribution is 2.54. The smallest absolute Gasteiger partial charge is 0.338 e. The molecule has 3 aromatic carbocycles. The van der Waals surface area contributed by atoms with Crippen molar-refractivity contribution in [2.75, 3.05) is 16.8 Å². The van der Waals surface area contributed by atoms with Gasteiger partial charge in [-0.2, -0.15) is 0 Å². The Morgan fingerprint density at radius 2 is 1.69 bits per heavy atom. The molecule has 0 unspecified atom stereocenters. The molecule has 0 radical (unpaired) electrons. The third-order valence-electron chi connectivity index (χ3n) is 7.87. The monoisotopic (exact) mass is 655 g/mol. The lowest BCUT2D eigenvalue weighted by Gasteiger charge is -2.29. The SMILES string of the molecule is CCOC(=O)c1ccc(N2C(=O)[C@H]3[C@H](c4cccs4)c4sc(=O)n(CC(=O)Nc5ccc6ccccc6c5)c4S[C@H]3C2=O)cc1. The van der Waals surface area contributed by atoms with Gasteiger partial charge in [0.25, 0.3) is 0 Å². The number of imide groups is 1. The fourth-order valence-electron chi connectivity index (χ4n) is 5.86. The average molecular weight is 656 g/mol. The van der Waals surface area contributed by atoms with Crippen molar-refractivity contribution >= 4 is 80.3 Å². The lowest BCUT2D eigenvalue weighted by Crippen LogP contribution is -2.32. The Bertz CT molecular complexity index is 2030. The van der Waals surface area contributed by atoms with Gasteiger partial charge in [-0.3, -0.25) is 23.7 Å². The molecule has 7 rings (SSSR count). The zero-order chi connectivity index (χ0) is 31.2. The van der Waals surface area contributed by atoms with Crippen LogP contribution in [-0.4, -0.2) is 40.1 Å². The maximum absolute atomic E-state index is 14.0. The molecule has 12 heteroatoms. The first-order chi connectivity index (χ1) is 21.8. The first-order valence-electron chi connectivity index (χ1n) is 14.2. The van der Waals surface area contributed by atoms with Crippen molar-refractivity contribution in [3.05, 3.63) is 109 Å². The van der Waals surface area contributed by atoms with Gasteiger partial charge in [0.2, 0.25) is 17.7 Å². The van der Waals surface area contributed by atoms with Crippen LogP contribution >= 0.6 is 34.4 Å². The molecule has 0 bridgehead atoms. The fraction of sp³-hybridized carbons (Fsp3) is 0.182. The van der Waals surface area contributed by atoms with E-state index in [4.69, 9.17) is 4.74 Å². The van der Waals surface area contributed by atoms with Crippen LogP contribution in [0, 0.1) is 5.92 Å². The quantitative estimate of drug-likeness (QED) is 0.176. The molecule has 45 heavy (non-hydrogen) atoms. The molecule has 5 aromatic rings. The number of thiazole rings is 1. The Labute approximate surface area is 269 Å². The Balaban J connectivity index is 1.20. The summed E-state index contributed by atoms with van der Waals surface area (Å²) in [6, 6.07) is 23.4. The standard InChI is InChI=1S/C33H25N3O6S3/c1-2-42-32(40)19-10-13-22(14-11-19)36-29(38)26-25(23-8-5-15-43-23)28-31(44-27(26)30(36)39)35(33(41)45-28)17-24(37)34-21-12-9-18-6-3-4-7-20(18)16-21/h3-16,25-27H,2,17H2,1H3,(H,34,37)/t25-,26-,27+/m0/s1. The molecule has 2 aromatic heterocycles. The van der Waals surface area contributed by atoms with Crippen molar-refractivity contribution in [1.29, 1.82) is 0 Å². The molecule has 1 N–H and O–H groups in total. The first-order valence-corrected chi connectivity index (χ1v) is 16.8. The molecule has 2 aliphatic rings. The second kappa shape index (κ2) is 11.8. The summed E-state index contributed by atoms with van der Waals surface area (Å²) in [5, 5.41) is 6.54. The summed E-state index contributed by atoms with van der Waals surface area (Å²) >= 11 is 3.63. The van der Waals surface area contributed by atoms with E-state index < -0.39 is 29.0 Å². The van der Waals surface area contributed by atoms with Crippen LogP contribution in [0.1, 0.15) is 33.0 Å². The minimum Gasteiger partial charge on any atom is -0.462 e. The van der Waals surface area contributed by atoms with E-state index in [1.54, 1.807) is 19.1 Å². The number of fused-ring (bicyclic) bond motifs is 3. The summed E-state index contributed by atoms with van der Waals surface area (Å²) in [6.45, 7) is 1.71. The highest BCUT2D eigenvalue weighted by Gasteiger charge is 2.57. The fourth-order valence-corrected chi connectivity index (χ4v) is 9.58. The number of aromatic nitrogens is 1. The normalized spacial score (nSPS) is 19.0. The van der Waals surface area contributed by atoms with Crippen molar-refractivity contribution in [3.63, 3.8) is 0 Å². The number of nitrogens with zero attached hydrogens (tertiary/aromatic N) is 2. The van der Waals surface area contributed by atoms with Crippen LogP contribution in [-0.2, 0) is 25.7 Å². The molecular weight excluding hydrogens is 631 g/mol. The van der Waals surface area contributed by atoms with E-state index in [1.807, 2.05) is 60.0 Å². The summed E-state index contributed by atoms with van der Waals surface area (Å²) in [5.41, 5.74) is 1.28. The van der Waals surface area contributed by atoms with Crippen molar-refractivity contribution in [2.24, 2.45) is 5.92 Å². The largest absolute Gasteiger partial charge is 0.462 e. The van der Waals surface area contributed by atoms with Gasteiger partial charge < -0.3 is 10.1 Å². The van der Waals surface area contributed by atoms with Gasteiger partial charge in [-0.15, -0.1) is 11.3 Å². The van der Waals surface area contributed by atoms with E-state index in [-0.39, 0.29) is 29.8 Å². The summed E-state index contributed by atoms with van der Waals surface area (Å²) in [6.07, 6.45) is 0. The topological polar surface area (TPSA) is 115 Å². The maximum atomic E-state index is 14.0. The number of thiophene rings is 1. The predicted octanol–water partition coefficient (Wildman–Crippen LogP) is 5.74. The minimum atomic E-state index is -0.800. The molecule has 1 fully saturated rings. The van der Waals surface area contributed by atoms with Crippen LogP contribution in [0.3, 0.4) is 0 Å².